The number of benzene rings is 1. The van der Waals surface area contributed by atoms with E-state index in [2.05, 4.69) is 6.92 Å². The molecule has 0 heterocycles. The van der Waals surface area contributed by atoms with Gasteiger partial charge >= 0.3 is 0 Å². The van der Waals surface area contributed by atoms with Crippen LogP contribution in [0.4, 0.5) is 4.39 Å². The predicted molar refractivity (Wildman–Crippen MR) is 95.5 cm³/mol. The molecule has 0 bridgehead atoms. The van der Waals surface area contributed by atoms with E-state index in [1.54, 1.807) is 0 Å². The lowest BCUT2D eigenvalue weighted by Crippen LogP contribution is -2.15. The summed E-state index contributed by atoms with van der Waals surface area (Å²) in [6.45, 7) is 4.78. The summed E-state index contributed by atoms with van der Waals surface area (Å²) < 4.78 is 19.4. The van der Waals surface area contributed by atoms with Crippen LogP contribution >= 0.6 is 0 Å². The lowest BCUT2D eigenvalue weighted by Gasteiger charge is -2.28. The van der Waals surface area contributed by atoms with Gasteiger partial charge in [0.2, 0.25) is 0 Å². The maximum atomic E-state index is 14.1. The van der Waals surface area contributed by atoms with Gasteiger partial charge in [-0.15, -0.1) is 0 Å². The molecular formula is C21H33FO. The second-order valence-corrected chi connectivity index (χ2v) is 7.11. The quantitative estimate of drug-likeness (QED) is 0.469. The van der Waals surface area contributed by atoms with Crippen LogP contribution in [0, 0.1) is 17.7 Å². The number of unbranched alkanes of at least 4 members (excludes halogenated alkanes) is 2. The maximum Gasteiger partial charge on any atom is 0.130 e. The molecule has 0 aromatic heterocycles. The Balaban J connectivity index is 1.71. The number of hydrogen-bond acceptors (Lipinski definition) is 1. The minimum Gasteiger partial charge on any atom is -0.494 e. The van der Waals surface area contributed by atoms with Gasteiger partial charge in [0.25, 0.3) is 0 Å². The van der Waals surface area contributed by atoms with E-state index in [4.69, 9.17) is 4.74 Å². The second kappa shape index (κ2) is 9.95. The Morgan fingerprint density at radius 3 is 2.30 bits per heavy atom. The van der Waals surface area contributed by atoms with Crippen LogP contribution in [0.3, 0.4) is 0 Å². The van der Waals surface area contributed by atoms with Crippen molar-refractivity contribution in [1.29, 1.82) is 0 Å². The summed E-state index contributed by atoms with van der Waals surface area (Å²) in [6.07, 6.45) is 13.0. The van der Waals surface area contributed by atoms with Gasteiger partial charge in [-0.3, -0.25) is 0 Å². The third-order valence-corrected chi connectivity index (χ3v) is 5.34. The highest BCUT2D eigenvalue weighted by Gasteiger charge is 2.21. The minimum atomic E-state index is -0.107. The molecule has 1 aliphatic carbocycles. The average molecular weight is 320 g/mol. The normalized spacial score (nSPS) is 21.3. The topological polar surface area (TPSA) is 9.23 Å². The Hall–Kier alpha value is -1.05. The van der Waals surface area contributed by atoms with Crippen molar-refractivity contribution in [3.8, 4) is 5.75 Å². The van der Waals surface area contributed by atoms with Gasteiger partial charge in [0.15, 0.2) is 0 Å². The van der Waals surface area contributed by atoms with Gasteiger partial charge in [-0.2, -0.15) is 0 Å². The van der Waals surface area contributed by atoms with Crippen LogP contribution in [-0.4, -0.2) is 6.61 Å². The van der Waals surface area contributed by atoms with E-state index in [-0.39, 0.29) is 5.82 Å². The SMILES string of the molecule is CCCCCC1CCC(CCc2ccc(OCC)cc2F)CC1. The zero-order chi connectivity index (χ0) is 16.5. The third kappa shape index (κ3) is 6.16. The molecule has 2 heteroatoms. The number of halogens is 1. The highest BCUT2D eigenvalue weighted by Crippen LogP contribution is 2.34. The summed E-state index contributed by atoms with van der Waals surface area (Å²) in [6, 6.07) is 5.33. The lowest BCUT2D eigenvalue weighted by atomic mass is 9.78. The van der Waals surface area contributed by atoms with Crippen molar-refractivity contribution in [3.63, 3.8) is 0 Å². The van der Waals surface area contributed by atoms with Crippen molar-refractivity contribution in [1.82, 2.24) is 0 Å². The first kappa shape index (κ1) is 18.3. The zero-order valence-corrected chi connectivity index (χ0v) is 15.0. The van der Waals surface area contributed by atoms with Gasteiger partial charge in [0.1, 0.15) is 11.6 Å². The molecule has 0 unspecified atom stereocenters. The third-order valence-electron chi connectivity index (χ3n) is 5.34. The first-order valence-electron chi connectivity index (χ1n) is 9.64. The summed E-state index contributed by atoms with van der Waals surface area (Å²) in [5.74, 6) is 2.29. The molecule has 2 rings (SSSR count). The van der Waals surface area contributed by atoms with Gasteiger partial charge in [0, 0.05) is 6.07 Å². The largest absolute Gasteiger partial charge is 0.494 e. The van der Waals surface area contributed by atoms with Crippen LogP contribution in [0.2, 0.25) is 0 Å². The van der Waals surface area contributed by atoms with Crippen LogP contribution in [0.5, 0.6) is 5.75 Å². The average Bonchev–Trinajstić information content (AvgIpc) is 2.56. The van der Waals surface area contributed by atoms with Gasteiger partial charge in [-0.05, 0) is 43.2 Å². The number of hydrogen-bond donors (Lipinski definition) is 0. The Morgan fingerprint density at radius 1 is 1.00 bits per heavy atom. The molecule has 1 nitrogen and oxygen atoms in total. The lowest BCUT2D eigenvalue weighted by molar-refractivity contribution is 0.248. The van der Waals surface area contributed by atoms with Gasteiger partial charge in [-0.25, -0.2) is 4.39 Å². The van der Waals surface area contributed by atoms with Gasteiger partial charge < -0.3 is 4.74 Å². The van der Waals surface area contributed by atoms with E-state index < -0.39 is 0 Å². The summed E-state index contributed by atoms with van der Waals surface area (Å²) in [5.41, 5.74) is 0.846. The summed E-state index contributed by atoms with van der Waals surface area (Å²) in [5, 5.41) is 0. The standard InChI is InChI=1S/C21H33FO/c1-3-5-6-7-17-8-10-18(11-9-17)12-13-19-14-15-20(23-4-2)16-21(19)22/h14-18H,3-13H2,1-2H3. The van der Waals surface area contributed by atoms with Crippen molar-refractivity contribution in [2.24, 2.45) is 11.8 Å². The van der Waals surface area contributed by atoms with Crippen molar-refractivity contribution >= 4 is 0 Å². The highest BCUT2D eigenvalue weighted by molar-refractivity contribution is 5.29. The van der Waals surface area contributed by atoms with Crippen molar-refractivity contribution in [2.45, 2.75) is 78.1 Å². The zero-order valence-electron chi connectivity index (χ0n) is 15.0. The smallest absolute Gasteiger partial charge is 0.130 e. The molecule has 23 heavy (non-hydrogen) atoms. The summed E-state index contributed by atoms with van der Waals surface area (Å²) in [4.78, 5) is 0. The fourth-order valence-electron chi connectivity index (χ4n) is 3.84. The Kier molecular flexibility index (Phi) is 7.91. The molecule has 130 valence electrons. The van der Waals surface area contributed by atoms with E-state index in [1.165, 1.54) is 57.4 Å². The van der Waals surface area contributed by atoms with Crippen LogP contribution in [-0.2, 0) is 6.42 Å². The Morgan fingerprint density at radius 2 is 1.70 bits per heavy atom. The molecule has 0 saturated heterocycles. The molecule has 1 aliphatic rings. The van der Waals surface area contributed by atoms with Crippen molar-refractivity contribution in [2.75, 3.05) is 6.61 Å². The molecular weight excluding hydrogens is 287 g/mol. The molecule has 0 amide bonds. The first-order chi connectivity index (χ1) is 11.2. The van der Waals surface area contributed by atoms with E-state index in [0.717, 1.165) is 30.2 Å². The molecule has 1 saturated carbocycles. The number of aryl methyl sites for hydroxylation is 1. The fraction of sp³-hybridized carbons (Fsp3) is 0.714. The molecule has 0 radical (unpaired) electrons. The molecule has 0 atom stereocenters. The van der Waals surface area contributed by atoms with E-state index in [1.807, 2.05) is 19.1 Å². The molecule has 1 aromatic carbocycles. The van der Waals surface area contributed by atoms with E-state index >= 15 is 0 Å². The van der Waals surface area contributed by atoms with Crippen LogP contribution in [0.1, 0.15) is 77.2 Å². The van der Waals surface area contributed by atoms with Crippen LogP contribution in [0.15, 0.2) is 18.2 Å². The van der Waals surface area contributed by atoms with E-state index in [0.29, 0.717) is 12.4 Å². The minimum absolute atomic E-state index is 0.107. The Bertz CT molecular complexity index is 449. The van der Waals surface area contributed by atoms with Gasteiger partial charge in [-0.1, -0.05) is 64.4 Å². The van der Waals surface area contributed by atoms with Crippen LogP contribution in [0.25, 0.3) is 0 Å². The maximum absolute atomic E-state index is 14.1. The molecule has 1 fully saturated rings. The molecule has 0 aliphatic heterocycles. The fourth-order valence-corrected chi connectivity index (χ4v) is 3.84. The monoisotopic (exact) mass is 320 g/mol. The van der Waals surface area contributed by atoms with Crippen molar-refractivity contribution in [3.05, 3.63) is 29.6 Å². The van der Waals surface area contributed by atoms with Crippen molar-refractivity contribution < 1.29 is 9.13 Å². The van der Waals surface area contributed by atoms with Crippen LogP contribution < -0.4 is 4.74 Å². The second-order valence-electron chi connectivity index (χ2n) is 7.11. The highest BCUT2D eigenvalue weighted by atomic mass is 19.1. The predicted octanol–water partition coefficient (Wildman–Crippen LogP) is 6.54. The number of ether oxygens (including phenoxy) is 1. The summed E-state index contributed by atoms with van der Waals surface area (Å²) in [7, 11) is 0. The number of rotatable bonds is 9. The molecule has 0 N–H and O–H groups in total. The molecule has 0 spiro atoms. The first-order valence-corrected chi connectivity index (χ1v) is 9.64. The van der Waals surface area contributed by atoms with E-state index in [9.17, 15) is 4.39 Å². The summed E-state index contributed by atoms with van der Waals surface area (Å²) >= 11 is 0. The molecule has 1 aromatic rings. The Labute approximate surface area is 141 Å². The van der Waals surface area contributed by atoms with Gasteiger partial charge in [0.05, 0.1) is 6.61 Å².